The lowest BCUT2D eigenvalue weighted by Gasteiger charge is -2.24. The number of hydrogen-bond donors (Lipinski definition) is 1. The third kappa shape index (κ3) is 4.80. The molecule has 1 heterocycles. The molecule has 1 N–H and O–H groups in total. The number of rotatable bonds is 7. The van der Waals surface area contributed by atoms with Crippen LogP contribution in [0.1, 0.15) is 30.5 Å². The molecule has 1 aliphatic heterocycles. The monoisotopic (exact) mass is 368 g/mol. The van der Waals surface area contributed by atoms with Crippen LogP contribution in [0.25, 0.3) is 0 Å². The maximum atomic E-state index is 12.5. The average Bonchev–Trinajstić information content (AvgIpc) is 3.16. The molecule has 5 nitrogen and oxygen atoms in total. The first-order chi connectivity index (χ1) is 13.1. The molecule has 0 saturated carbocycles. The van der Waals surface area contributed by atoms with Crippen molar-refractivity contribution in [2.24, 2.45) is 0 Å². The van der Waals surface area contributed by atoms with Crippen molar-refractivity contribution < 1.29 is 14.3 Å². The standard InChI is InChI=1S/C22H28N2O3/c1-16(17-7-5-4-6-8-17)24-12-11-19(15-24)23-22(25)13-18-9-10-20(26-2)14-21(18)27-3/h4-10,14,16,19H,11-13,15H2,1-3H3,(H,23,25). The SMILES string of the molecule is COc1ccc(CC(=O)NC2CCN(C(C)c3ccccc3)C2)c(OC)c1. The van der Waals surface area contributed by atoms with E-state index in [1.807, 2.05) is 24.3 Å². The molecule has 0 aromatic heterocycles. The summed E-state index contributed by atoms with van der Waals surface area (Å²) in [6, 6.07) is 16.6. The summed E-state index contributed by atoms with van der Waals surface area (Å²) in [6.07, 6.45) is 1.28. The van der Waals surface area contributed by atoms with Crippen LogP contribution in [0.2, 0.25) is 0 Å². The molecule has 2 unspecified atom stereocenters. The van der Waals surface area contributed by atoms with Crippen LogP contribution in [0.5, 0.6) is 11.5 Å². The molecule has 1 saturated heterocycles. The summed E-state index contributed by atoms with van der Waals surface area (Å²) < 4.78 is 10.6. The fraction of sp³-hybridized carbons (Fsp3) is 0.409. The van der Waals surface area contributed by atoms with Gasteiger partial charge in [-0.25, -0.2) is 0 Å². The molecule has 1 amide bonds. The summed E-state index contributed by atoms with van der Waals surface area (Å²) >= 11 is 0. The van der Waals surface area contributed by atoms with Crippen LogP contribution in [-0.2, 0) is 11.2 Å². The Bertz CT molecular complexity index is 763. The molecule has 0 bridgehead atoms. The number of likely N-dealkylation sites (tertiary alicyclic amines) is 1. The topological polar surface area (TPSA) is 50.8 Å². The van der Waals surface area contributed by atoms with Crippen LogP contribution in [-0.4, -0.2) is 44.2 Å². The Balaban J connectivity index is 1.55. The van der Waals surface area contributed by atoms with E-state index in [1.165, 1.54) is 5.56 Å². The van der Waals surface area contributed by atoms with Gasteiger partial charge in [0.05, 0.1) is 20.6 Å². The third-order valence-electron chi connectivity index (χ3n) is 5.26. The predicted octanol–water partition coefficient (Wildman–Crippen LogP) is 3.20. The Morgan fingerprint density at radius 2 is 1.96 bits per heavy atom. The lowest BCUT2D eigenvalue weighted by molar-refractivity contribution is -0.121. The molecule has 5 heteroatoms. The molecule has 0 spiro atoms. The number of hydrogen-bond acceptors (Lipinski definition) is 4. The van der Waals surface area contributed by atoms with Gasteiger partial charge in [-0.3, -0.25) is 9.69 Å². The number of amides is 1. The van der Waals surface area contributed by atoms with Crippen molar-refractivity contribution in [3.05, 3.63) is 59.7 Å². The quantitative estimate of drug-likeness (QED) is 0.815. The normalized spacial score (nSPS) is 18.1. The highest BCUT2D eigenvalue weighted by atomic mass is 16.5. The van der Waals surface area contributed by atoms with E-state index < -0.39 is 0 Å². The van der Waals surface area contributed by atoms with E-state index in [1.54, 1.807) is 14.2 Å². The zero-order valence-electron chi connectivity index (χ0n) is 16.3. The highest BCUT2D eigenvalue weighted by Gasteiger charge is 2.27. The summed E-state index contributed by atoms with van der Waals surface area (Å²) in [5, 5.41) is 3.18. The molecule has 144 valence electrons. The molecule has 0 aliphatic carbocycles. The Hall–Kier alpha value is -2.53. The van der Waals surface area contributed by atoms with Crippen molar-refractivity contribution in [1.29, 1.82) is 0 Å². The van der Waals surface area contributed by atoms with Crippen molar-refractivity contribution in [3.8, 4) is 11.5 Å². The second-order valence-corrected chi connectivity index (χ2v) is 6.99. The molecule has 1 fully saturated rings. The van der Waals surface area contributed by atoms with Gasteiger partial charge in [-0.15, -0.1) is 0 Å². The lowest BCUT2D eigenvalue weighted by atomic mass is 10.1. The van der Waals surface area contributed by atoms with Gasteiger partial charge in [0, 0.05) is 36.8 Å². The first-order valence-electron chi connectivity index (χ1n) is 9.40. The second kappa shape index (κ2) is 8.91. The number of nitrogens with one attached hydrogen (secondary N) is 1. The number of ether oxygens (including phenoxy) is 2. The third-order valence-corrected chi connectivity index (χ3v) is 5.26. The Morgan fingerprint density at radius 3 is 2.67 bits per heavy atom. The number of methoxy groups -OCH3 is 2. The molecule has 2 aromatic rings. The van der Waals surface area contributed by atoms with Crippen molar-refractivity contribution in [2.45, 2.75) is 31.8 Å². The lowest BCUT2D eigenvalue weighted by Crippen LogP contribution is -2.38. The number of benzene rings is 2. The number of nitrogens with zero attached hydrogens (tertiary/aromatic N) is 1. The average molecular weight is 368 g/mol. The van der Waals surface area contributed by atoms with Crippen LogP contribution < -0.4 is 14.8 Å². The van der Waals surface area contributed by atoms with E-state index in [0.717, 1.165) is 30.8 Å². The predicted molar refractivity (Wildman–Crippen MR) is 106 cm³/mol. The van der Waals surface area contributed by atoms with E-state index in [2.05, 4.69) is 41.4 Å². The zero-order valence-corrected chi connectivity index (χ0v) is 16.3. The molecule has 27 heavy (non-hydrogen) atoms. The van der Waals surface area contributed by atoms with Gasteiger partial charge in [0.15, 0.2) is 0 Å². The van der Waals surface area contributed by atoms with Crippen molar-refractivity contribution in [2.75, 3.05) is 27.3 Å². The minimum atomic E-state index is 0.0256. The molecule has 3 rings (SSSR count). The van der Waals surface area contributed by atoms with Crippen LogP contribution in [0.15, 0.2) is 48.5 Å². The van der Waals surface area contributed by atoms with E-state index in [-0.39, 0.29) is 11.9 Å². The van der Waals surface area contributed by atoms with Crippen LogP contribution in [0.3, 0.4) is 0 Å². The Morgan fingerprint density at radius 1 is 1.19 bits per heavy atom. The van der Waals surface area contributed by atoms with E-state index in [4.69, 9.17) is 9.47 Å². The number of carbonyl (C=O) groups is 1. The fourth-order valence-corrected chi connectivity index (χ4v) is 3.65. The van der Waals surface area contributed by atoms with E-state index in [0.29, 0.717) is 18.2 Å². The van der Waals surface area contributed by atoms with Gasteiger partial charge in [-0.05, 0) is 25.0 Å². The molecule has 1 aliphatic rings. The van der Waals surface area contributed by atoms with Gasteiger partial charge in [0.25, 0.3) is 0 Å². The molecular weight excluding hydrogens is 340 g/mol. The Kier molecular flexibility index (Phi) is 6.35. The molecule has 2 atom stereocenters. The van der Waals surface area contributed by atoms with Crippen molar-refractivity contribution in [3.63, 3.8) is 0 Å². The summed E-state index contributed by atoms with van der Waals surface area (Å²) in [7, 11) is 3.22. The molecule has 0 radical (unpaired) electrons. The maximum absolute atomic E-state index is 12.5. The minimum Gasteiger partial charge on any atom is -0.497 e. The van der Waals surface area contributed by atoms with Crippen molar-refractivity contribution in [1.82, 2.24) is 10.2 Å². The van der Waals surface area contributed by atoms with Crippen LogP contribution in [0, 0.1) is 0 Å². The fourth-order valence-electron chi connectivity index (χ4n) is 3.65. The minimum absolute atomic E-state index is 0.0256. The van der Waals surface area contributed by atoms with E-state index in [9.17, 15) is 4.79 Å². The van der Waals surface area contributed by atoms with Crippen LogP contribution in [0.4, 0.5) is 0 Å². The van der Waals surface area contributed by atoms with Gasteiger partial charge in [0.1, 0.15) is 11.5 Å². The Labute approximate surface area is 161 Å². The van der Waals surface area contributed by atoms with Gasteiger partial charge in [-0.1, -0.05) is 36.4 Å². The van der Waals surface area contributed by atoms with Crippen molar-refractivity contribution >= 4 is 5.91 Å². The first kappa shape index (κ1) is 19.2. The van der Waals surface area contributed by atoms with Gasteiger partial charge in [-0.2, -0.15) is 0 Å². The first-order valence-corrected chi connectivity index (χ1v) is 9.40. The second-order valence-electron chi connectivity index (χ2n) is 6.99. The summed E-state index contributed by atoms with van der Waals surface area (Å²) in [4.78, 5) is 14.9. The van der Waals surface area contributed by atoms with Gasteiger partial charge >= 0.3 is 0 Å². The largest absolute Gasteiger partial charge is 0.497 e. The van der Waals surface area contributed by atoms with Gasteiger partial charge in [0.2, 0.25) is 5.91 Å². The molecular formula is C22H28N2O3. The maximum Gasteiger partial charge on any atom is 0.224 e. The van der Waals surface area contributed by atoms with E-state index >= 15 is 0 Å². The highest BCUT2D eigenvalue weighted by molar-refractivity contribution is 5.79. The van der Waals surface area contributed by atoms with Gasteiger partial charge < -0.3 is 14.8 Å². The number of carbonyl (C=O) groups excluding carboxylic acids is 1. The smallest absolute Gasteiger partial charge is 0.224 e. The summed E-state index contributed by atoms with van der Waals surface area (Å²) in [6.45, 7) is 4.09. The summed E-state index contributed by atoms with van der Waals surface area (Å²) in [5.74, 6) is 1.42. The van der Waals surface area contributed by atoms with Crippen LogP contribution >= 0.6 is 0 Å². The zero-order chi connectivity index (χ0) is 19.2. The highest BCUT2D eigenvalue weighted by Crippen LogP contribution is 2.26. The molecule has 2 aromatic carbocycles. The summed E-state index contributed by atoms with van der Waals surface area (Å²) in [5.41, 5.74) is 2.18.